The summed E-state index contributed by atoms with van der Waals surface area (Å²) in [6.45, 7) is 8.99. The molecule has 0 fully saturated rings. The van der Waals surface area contributed by atoms with Gasteiger partial charge in [-0.15, -0.1) is 0 Å². The number of carbonyl (C=O) groups excluding carboxylic acids is 1. The fourth-order valence-electron chi connectivity index (χ4n) is 0.648. The van der Waals surface area contributed by atoms with Gasteiger partial charge in [-0.2, -0.15) is 0 Å². The largest absolute Gasteiger partial charge is 0.564 e. The van der Waals surface area contributed by atoms with Gasteiger partial charge >= 0.3 is 14.8 Å². The molecule has 0 aromatic carbocycles. The van der Waals surface area contributed by atoms with Crippen LogP contribution in [0.15, 0.2) is 12.2 Å². The zero-order chi connectivity index (χ0) is 10.5. The summed E-state index contributed by atoms with van der Waals surface area (Å²) in [6, 6.07) is 0. The average molecular weight is 204 g/mol. The zero-order valence-electron chi connectivity index (χ0n) is 8.55. The van der Waals surface area contributed by atoms with E-state index in [1.54, 1.807) is 13.5 Å². The number of hydrogen-bond donors (Lipinski definition) is 0. The molecule has 0 saturated heterocycles. The summed E-state index contributed by atoms with van der Waals surface area (Å²) >= 11 is 0. The van der Waals surface area contributed by atoms with Crippen LogP contribution in [0, 0.1) is 0 Å². The third-order valence-electron chi connectivity index (χ3n) is 1.40. The van der Waals surface area contributed by atoms with Crippen molar-refractivity contribution in [3.05, 3.63) is 12.2 Å². The first-order valence-corrected chi connectivity index (χ1v) is 6.25. The lowest BCUT2D eigenvalue weighted by atomic mass is 10.4. The number of hydrogen-bond acceptors (Lipinski definition) is 4. The molecule has 5 heteroatoms. The molecule has 0 amide bonds. The summed E-state index contributed by atoms with van der Waals surface area (Å²) in [5.74, 6) is -0.468. The summed E-state index contributed by atoms with van der Waals surface area (Å²) in [5.41, 5.74) is 0.343. The molecule has 1 atom stereocenters. The van der Waals surface area contributed by atoms with Crippen molar-refractivity contribution >= 4 is 14.8 Å². The summed E-state index contributed by atoms with van der Waals surface area (Å²) in [4.78, 5) is 11.1. The van der Waals surface area contributed by atoms with Gasteiger partial charge in [-0.25, -0.2) is 4.79 Å². The van der Waals surface area contributed by atoms with Crippen LogP contribution >= 0.6 is 0 Å². The van der Waals surface area contributed by atoms with Crippen LogP contribution in [-0.2, 0) is 18.1 Å². The second-order valence-corrected chi connectivity index (χ2v) is 5.30. The molecule has 0 aromatic rings. The van der Waals surface area contributed by atoms with Gasteiger partial charge in [0, 0.05) is 25.8 Å². The van der Waals surface area contributed by atoms with E-state index >= 15 is 0 Å². The molecule has 76 valence electrons. The Labute approximate surface area is 79.9 Å². The lowest BCUT2D eigenvalue weighted by Crippen LogP contribution is -2.43. The minimum atomic E-state index is -2.76. The van der Waals surface area contributed by atoms with E-state index < -0.39 is 14.8 Å². The summed E-state index contributed by atoms with van der Waals surface area (Å²) in [6.07, 6.45) is 0. The summed E-state index contributed by atoms with van der Waals surface area (Å²) in [5, 5.41) is 0. The van der Waals surface area contributed by atoms with Crippen molar-refractivity contribution in [3.8, 4) is 0 Å². The van der Waals surface area contributed by atoms with Crippen LogP contribution in [0.3, 0.4) is 0 Å². The average Bonchev–Trinajstić information content (AvgIpc) is 2.04. The highest BCUT2D eigenvalue weighted by molar-refractivity contribution is 6.61. The molecule has 13 heavy (non-hydrogen) atoms. The van der Waals surface area contributed by atoms with Crippen LogP contribution in [0.5, 0.6) is 0 Å². The van der Waals surface area contributed by atoms with Crippen molar-refractivity contribution in [1.29, 1.82) is 0 Å². The fraction of sp³-hybridized carbons (Fsp3) is 0.625. The monoisotopic (exact) mass is 204 g/mol. The second-order valence-electron chi connectivity index (χ2n) is 2.67. The van der Waals surface area contributed by atoms with E-state index in [9.17, 15) is 4.79 Å². The minimum absolute atomic E-state index is 0.343. The highest BCUT2D eigenvalue weighted by Gasteiger charge is 2.37. The van der Waals surface area contributed by atoms with Crippen LogP contribution in [-0.4, -0.2) is 28.5 Å². The second kappa shape index (κ2) is 5.16. The van der Waals surface area contributed by atoms with Crippen molar-refractivity contribution in [2.75, 3.05) is 13.7 Å². The maximum Gasteiger partial charge on any atom is 0.564 e. The Morgan fingerprint density at radius 1 is 1.54 bits per heavy atom. The Morgan fingerprint density at radius 2 is 2.08 bits per heavy atom. The molecule has 0 saturated carbocycles. The number of carbonyl (C=O) groups is 1. The Bertz CT molecular complexity index is 204. The highest BCUT2D eigenvalue weighted by atomic mass is 28.4. The lowest BCUT2D eigenvalue weighted by Gasteiger charge is -2.22. The van der Waals surface area contributed by atoms with Crippen LogP contribution in [0.4, 0.5) is 0 Å². The van der Waals surface area contributed by atoms with Crippen molar-refractivity contribution in [3.63, 3.8) is 0 Å². The van der Waals surface area contributed by atoms with Gasteiger partial charge in [0.2, 0.25) is 0 Å². The van der Waals surface area contributed by atoms with E-state index in [2.05, 4.69) is 6.58 Å². The standard InChI is InChI=1S/C8H16O4Si/c1-6-11-13(5,10-4)12-8(9)7(2)3/h2,6H2,1,3-5H3. The quantitative estimate of drug-likeness (QED) is 0.501. The predicted octanol–water partition coefficient (Wildman–Crippen LogP) is 1.36. The first kappa shape index (κ1) is 12.3. The molecule has 4 nitrogen and oxygen atoms in total. The van der Waals surface area contributed by atoms with Crippen LogP contribution in [0.25, 0.3) is 0 Å². The van der Waals surface area contributed by atoms with Gasteiger partial charge < -0.3 is 13.3 Å². The fourth-order valence-corrected chi connectivity index (χ4v) is 1.94. The van der Waals surface area contributed by atoms with Crippen molar-refractivity contribution < 1.29 is 18.1 Å². The zero-order valence-corrected chi connectivity index (χ0v) is 9.55. The SMILES string of the molecule is C=C(C)C(=O)O[Si](C)(OC)OCC. The van der Waals surface area contributed by atoms with Crippen LogP contribution in [0.1, 0.15) is 13.8 Å². The summed E-state index contributed by atoms with van der Waals surface area (Å²) in [7, 11) is -1.29. The van der Waals surface area contributed by atoms with Gasteiger partial charge in [0.15, 0.2) is 0 Å². The number of rotatable bonds is 5. The normalized spacial score (nSPS) is 14.8. The van der Waals surface area contributed by atoms with E-state index in [1.165, 1.54) is 7.11 Å². The minimum Gasteiger partial charge on any atom is -0.470 e. The molecule has 0 heterocycles. The molecule has 0 N–H and O–H groups in total. The van der Waals surface area contributed by atoms with Crippen LogP contribution in [0.2, 0.25) is 6.55 Å². The molecule has 0 radical (unpaired) electrons. The first-order chi connectivity index (χ1) is 5.95. The molecule has 0 aliphatic carbocycles. The third kappa shape index (κ3) is 4.21. The molecule has 1 unspecified atom stereocenters. The van der Waals surface area contributed by atoms with Crippen molar-refractivity contribution in [2.45, 2.75) is 20.4 Å². The van der Waals surface area contributed by atoms with Crippen molar-refractivity contribution in [2.24, 2.45) is 0 Å². The molecule has 0 rings (SSSR count). The molecular formula is C8H16O4Si. The Morgan fingerprint density at radius 3 is 2.38 bits per heavy atom. The molecule has 0 bridgehead atoms. The first-order valence-electron chi connectivity index (χ1n) is 4.03. The molecule has 0 aliphatic heterocycles. The van der Waals surface area contributed by atoms with Gasteiger partial charge in [0.1, 0.15) is 0 Å². The van der Waals surface area contributed by atoms with E-state index in [0.29, 0.717) is 12.2 Å². The topological polar surface area (TPSA) is 44.8 Å². The molecule has 0 aliphatic rings. The van der Waals surface area contributed by atoms with E-state index in [4.69, 9.17) is 13.3 Å². The van der Waals surface area contributed by atoms with Gasteiger partial charge in [-0.1, -0.05) is 6.58 Å². The van der Waals surface area contributed by atoms with Gasteiger partial charge in [-0.3, -0.25) is 0 Å². The van der Waals surface area contributed by atoms with Gasteiger partial charge in [0.05, 0.1) is 0 Å². The van der Waals surface area contributed by atoms with E-state index in [-0.39, 0.29) is 0 Å². The maximum absolute atomic E-state index is 11.1. The predicted molar refractivity (Wildman–Crippen MR) is 51.2 cm³/mol. The van der Waals surface area contributed by atoms with Crippen molar-refractivity contribution in [1.82, 2.24) is 0 Å². The van der Waals surface area contributed by atoms with E-state index in [0.717, 1.165) is 0 Å². The van der Waals surface area contributed by atoms with Gasteiger partial charge in [-0.05, 0) is 13.8 Å². The lowest BCUT2D eigenvalue weighted by molar-refractivity contribution is -0.134. The molecule has 0 spiro atoms. The molecular weight excluding hydrogens is 188 g/mol. The third-order valence-corrected chi connectivity index (χ3v) is 3.51. The smallest absolute Gasteiger partial charge is 0.470 e. The highest BCUT2D eigenvalue weighted by Crippen LogP contribution is 2.10. The Balaban J connectivity index is 4.26. The Hall–Kier alpha value is -0.653. The summed E-state index contributed by atoms with van der Waals surface area (Å²) < 4.78 is 15.3. The molecule has 0 aromatic heterocycles. The van der Waals surface area contributed by atoms with Gasteiger partial charge in [0.25, 0.3) is 0 Å². The van der Waals surface area contributed by atoms with E-state index in [1.807, 2.05) is 6.92 Å². The van der Waals surface area contributed by atoms with Crippen LogP contribution < -0.4 is 0 Å². The maximum atomic E-state index is 11.1. The Kier molecular flexibility index (Phi) is 4.90.